The van der Waals surface area contributed by atoms with Gasteiger partial charge in [-0.25, -0.2) is 4.39 Å². The first-order valence-corrected chi connectivity index (χ1v) is 13.1. The molecule has 3 aliphatic rings. The molecule has 2 aliphatic heterocycles. The molecule has 2 aromatic carbocycles. The highest BCUT2D eigenvalue weighted by Crippen LogP contribution is 2.49. The van der Waals surface area contributed by atoms with Crippen LogP contribution in [0.15, 0.2) is 54.9 Å². The van der Waals surface area contributed by atoms with Crippen molar-refractivity contribution in [3.05, 3.63) is 71.8 Å². The first-order valence-electron chi connectivity index (χ1n) is 13.1. The van der Waals surface area contributed by atoms with Gasteiger partial charge in [0.15, 0.2) is 0 Å². The predicted octanol–water partition coefficient (Wildman–Crippen LogP) is 5.53. The lowest BCUT2D eigenvalue weighted by Gasteiger charge is -2.27. The SMILES string of the molecule is CCCn1cc(-c2ccc(CN3C(=O)C4(CCN(C5CCCC5)C4)c4ccccc43)c(F)c2)cn1. The number of rotatable bonds is 6. The summed E-state index contributed by atoms with van der Waals surface area (Å²) in [6.07, 6.45) is 10.6. The van der Waals surface area contributed by atoms with Gasteiger partial charge in [-0.1, -0.05) is 50.1 Å². The summed E-state index contributed by atoms with van der Waals surface area (Å²) in [7, 11) is 0. The number of aromatic nitrogens is 2. The normalized spacial score (nSPS) is 22.6. The number of aryl methyl sites for hydroxylation is 1. The number of anilines is 1. The third-order valence-corrected chi connectivity index (χ3v) is 8.31. The lowest BCUT2D eigenvalue weighted by Crippen LogP contribution is -2.43. The highest BCUT2D eigenvalue weighted by Gasteiger charge is 2.55. The third kappa shape index (κ3) is 3.79. The fraction of sp³-hybridized carbons (Fsp3) is 0.448. The molecule has 6 heteroatoms. The number of amides is 1. The minimum Gasteiger partial charge on any atom is -0.307 e. The molecule has 1 unspecified atom stereocenters. The van der Waals surface area contributed by atoms with Gasteiger partial charge in [0.1, 0.15) is 5.82 Å². The summed E-state index contributed by atoms with van der Waals surface area (Å²) < 4.78 is 17.2. The van der Waals surface area contributed by atoms with E-state index in [1.54, 1.807) is 12.3 Å². The van der Waals surface area contributed by atoms with Gasteiger partial charge >= 0.3 is 0 Å². The number of carbonyl (C=O) groups is 1. The summed E-state index contributed by atoms with van der Waals surface area (Å²) in [6, 6.07) is 14.1. The van der Waals surface area contributed by atoms with Gasteiger partial charge in [0.2, 0.25) is 5.91 Å². The van der Waals surface area contributed by atoms with E-state index in [0.29, 0.717) is 11.6 Å². The Kier molecular flexibility index (Phi) is 5.72. The molecule has 182 valence electrons. The predicted molar refractivity (Wildman–Crippen MR) is 136 cm³/mol. The van der Waals surface area contributed by atoms with Crippen molar-refractivity contribution < 1.29 is 9.18 Å². The van der Waals surface area contributed by atoms with Gasteiger partial charge in [-0.2, -0.15) is 5.10 Å². The number of carbonyl (C=O) groups excluding carboxylic acids is 1. The van der Waals surface area contributed by atoms with E-state index in [1.165, 1.54) is 25.7 Å². The topological polar surface area (TPSA) is 41.4 Å². The molecule has 0 N–H and O–H groups in total. The highest BCUT2D eigenvalue weighted by molar-refractivity contribution is 6.08. The van der Waals surface area contributed by atoms with Gasteiger partial charge in [0.25, 0.3) is 0 Å². The van der Waals surface area contributed by atoms with E-state index in [9.17, 15) is 4.79 Å². The first kappa shape index (κ1) is 22.5. The van der Waals surface area contributed by atoms with Crippen LogP contribution in [0, 0.1) is 5.82 Å². The summed E-state index contributed by atoms with van der Waals surface area (Å²) in [5.41, 5.74) is 3.81. The molecule has 2 fully saturated rings. The summed E-state index contributed by atoms with van der Waals surface area (Å²) in [5, 5.41) is 4.37. The Balaban J connectivity index is 1.26. The average Bonchev–Trinajstić information content (AvgIpc) is 3.66. The molecule has 35 heavy (non-hydrogen) atoms. The van der Waals surface area contributed by atoms with Crippen molar-refractivity contribution in [3.8, 4) is 11.1 Å². The molecule has 0 bridgehead atoms. The minimum absolute atomic E-state index is 0.128. The Morgan fingerprint density at radius 3 is 2.74 bits per heavy atom. The second-order valence-electron chi connectivity index (χ2n) is 10.4. The van der Waals surface area contributed by atoms with Crippen molar-refractivity contribution in [1.82, 2.24) is 14.7 Å². The van der Waals surface area contributed by atoms with Crippen molar-refractivity contribution in [2.45, 2.75) is 70.0 Å². The van der Waals surface area contributed by atoms with Crippen molar-refractivity contribution in [2.24, 2.45) is 0 Å². The summed E-state index contributed by atoms with van der Waals surface area (Å²) >= 11 is 0. The van der Waals surface area contributed by atoms with E-state index in [0.717, 1.165) is 54.9 Å². The number of fused-ring (bicyclic) bond motifs is 2. The van der Waals surface area contributed by atoms with E-state index in [1.807, 2.05) is 46.1 Å². The lowest BCUT2D eigenvalue weighted by atomic mass is 9.81. The van der Waals surface area contributed by atoms with Gasteiger partial charge in [0.05, 0.1) is 18.2 Å². The van der Waals surface area contributed by atoms with Crippen LogP contribution in [0.5, 0.6) is 0 Å². The first-order chi connectivity index (χ1) is 17.1. The quantitative estimate of drug-likeness (QED) is 0.474. The third-order valence-electron chi connectivity index (χ3n) is 8.31. The molecule has 3 aromatic rings. The van der Waals surface area contributed by atoms with Gasteiger partial charge in [-0.15, -0.1) is 0 Å². The van der Waals surface area contributed by atoms with Gasteiger partial charge in [0, 0.05) is 42.1 Å². The molecule has 1 amide bonds. The van der Waals surface area contributed by atoms with Gasteiger partial charge in [-0.05, 0) is 55.5 Å². The molecule has 1 saturated carbocycles. The van der Waals surface area contributed by atoms with Crippen LogP contribution in [0.1, 0.15) is 56.6 Å². The maximum atomic E-state index is 15.3. The van der Waals surface area contributed by atoms with Crippen molar-refractivity contribution in [1.29, 1.82) is 0 Å². The minimum atomic E-state index is -0.497. The monoisotopic (exact) mass is 472 g/mol. The largest absolute Gasteiger partial charge is 0.307 e. The highest BCUT2D eigenvalue weighted by atomic mass is 19.1. The fourth-order valence-electron chi connectivity index (χ4n) is 6.46. The van der Waals surface area contributed by atoms with E-state index in [4.69, 9.17) is 0 Å². The molecular weight excluding hydrogens is 439 g/mol. The Hall–Kier alpha value is -2.99. The molecular formula is C29H33FN4O. The number of para-hydroxylation sites is 1. The molecule has 3 heterocycles. The molecule has 1 saturated heterocycles. The van der Waals surface area contributed by atoms with Crippen LogP contribution < -0.4 is 4.90 Å². The van der Waals surface area contributed by atoms with E-state index >= 15 is 4.39 Å². The number of hydrogen-bond donors (Lipinski definition) is 0. The molecule has 5 nitrogen and oxygen atoms in total. The molecule has 1 aromatic heterocycles. The van der Waals surface area contributed by atoms with E-state index < -0.39 is 5.41 Å². The van der Waals surface area contributed by atoms with Crippen molar-refractivity contribution >= 4 is 11.6 Å². The number of benzene rings is 2. The zero-order valence-electron chi connectivity index (χ0n) is 20.4. The number of halogens is 1. The Labute approximate surface area is 206 Å². The maximum absolute atomic E-state index is 15.3. The van der Waals surface area contributed by atoms with Crippen LogP contribution in [0.25, 0.3) is 11.1 Å². The van der Waals surface area contributed by atoms with E-state index in [2.05, 4.69) is 23.0 Å². The van der Waals surface area contributed by atoms with Crippen LogP contribution in [-0.2, 0) is 23.3 Å². The Morgan fingerprint density at radius 2 is 1.94 bits per heavy atom. The van der Waals surface area contributed by atoms with Crippen molar-refractivity contribution in [2.75, 3.05) is 18.0 Å². The average molecular weight is 473 g/mol. The van der Waals surface area contributed by atoms with Crippen molar-refractivity contribution in [3.63, 3.8) is 0 Å². The van der Waals surface area contributed by atoms with Crippen LogP contribution in [0.3, 0.4) is 0 Å². The summed E-state index contributed by atoms with van der Waals surface area (Å²) in [6.45, 7) is 4.95. The second kappa shape index (κ2) is 8.90. The summed E-state index contributed by atoms with van der Waals surface area (Å²) in [5.74, 6) is -0.153. The molecule has 0 radical (unpaired) electrons. The molecule has 6 rings (SSSR count). The summed E-state index contributed by atoms with van der Waals surface area (Å²) in [4.78, 5) is 18.3. The lowest BCUT2D eigenvalue weighted by molar-refractivity contribution is -0.123. The Bertz CT molecular complexity index is 1250. The zero-order chi connectivity index (χ0) is 24.0. The van der Waals surface area contributed by atoms with Crippen LogP contribution >= 0.6 is 0 Å². The zero-order valence-corrected chi connectivity index (χ0v) is 20.4. The molecule has 1 aliphatic carbocycles. The molecule has 1 atom stereocenters. The molecule has 1 spiro atoms. The van der Waals surface area contributed by atoms with Gasteiger partial charge in [-0.3, -0.25) is 14.4 Å². The number of hydrogen-bond acceptors (Lipinski definition) is 3. The van der Waals surface area contributed by atoms with Crippen LogP contribution in [0.4, 0.5) is 10.1 Å². The maximum Gasteiger partial charge on any atom is 0.239 e. The van der Waals surface area contributed by atoms with E-state index in [-0.39, 0.29) is 18.3 Å². The van der Waals surface area contributed by atoms with Crippen LogP contribution in [-0.4, -0.2) is 39.7 Å². The number of nitrogens with zero attached hydrogens (tertiary/aromatic N) is 4. The fourth-order valence-corrected chi connectivity index (χ4v) is 6.46. The number of likely N-dealkylation sites (tertiary alicyclic amines) is 1. The smallest absolute Gasteiger partial charge is 0.239 e. The standard InChI is InChI=1S/C29H33FN4O/c1-2-14-33-18-23(17-31-33)21-11-12-22(26(30)16-21)19-34-27-10-6-5-9-25(27)29(28(34)35)13-15-32(20-29)24-7-3-4-8-24/h5-6,9-12,16-18,24H,2-4,7-8,13-15,19-20H2,1H3. The second-order valence-corrected chi connectivity index (χ2v) is 10.4. The van der Waals surface area contributed by atoms with Crippen LogP contribution in [0.2, 0.25) is 0 Å². The Morgan fingerprint density at radius 1 is 1.11 bits per heavy atom. The van der Waals surface area contributed by atoms with Gasteiger partial charge < -0.3 is 4.90 Å².